The van der Waals surface area contributed by atoms with Gasteiger partial charge in [0.1, 0.15) is 0 Å². The van der Waals surface area contributed by atoms with Crippen LogP contribution in [0.3, 0.4) is 0 Å². The third-order valence-electron chi connectivity index (χ3n) is 2.48. The average molecular weight is 209 g/mol. The Hall–Kier alpha value is -1.16. The molecule has 14 heavy (non-hydrogen) atoms. The summed E-state index contributed by atoms with van der Waals surface area (Å²) in [5.41, 5.74) is 1.15. The van der Waals surface area contributed by atoms with Gasteiger partial charge in [-0.15, -0.1) is 11.3 Å². The van der Waals surface area contributed by atoms with Gasteiger partial charge in [0.2, 0.25) is 11.8 Å². The summed E-state index contributed by atoms with van der Waals surface area (Å²) in [7, 11) is 0. The van der Waals surface area contributed by atoms with Crippen LogP contribution in [0.4, 0.5) is 0 Å². The Kier molecular flexibility index (Phi) is 2.37. The van der Waals surface area contributed by atoms with Gasteiger partial charge >= 0.3 is 0 Å². The summed E-state index contributed by atoms with van der Waals surface area (Å²) < 4.78 is 0. The Morgan fingerprint density at radius 1 is 1.36 bits per heavy atom. The maximum atomic E-state index is 11.2. The fraction of sp³-hybridized carbons (Fsp3) is 0.400. The van der Waals surface area contributed by atoms with Crippen molar-refractivity contribution in [1.82, 2.24) is 5.32 Å². The minimum absolute atomic E-state index is 0.0856. The number of hydrogen-bond acceptors (Lipinski definition) is 3. The lowest BCUT2D eigenvalue weighted by atomic mass is 9.90. The van der Waals surface area contributed by atoms with Crippen LogP contribution in [-0.4, -0.2) is 11.8 Å². The van der Waals surface area contributed by atoms with Crippen LogP contribution in [0.5, 0.6) is 0 Å². The average Bonchev–Trinajstić information content (AvgIpc) is 2.49. The van der Waals surface area contributed by atoms with Crippen molar-refractivity contribution in [2.24, 2.45) is 0 Å². The smallest absolute Gasteiger partial charge is 0.227 e. The Labute approximate surface area is 86.1 Å². The zero-order valence-electron chi connectivity index (χ0n) is 7.87. The van der Waals surface area contributed by atoms with E-state index in [1.54, 1.807) is 11.3 Å². The zero-order chi connectivity index (χ0) is 10.1. The summed E-state index contributed by atoms with van der Waals surface area (Å²) in [5, 5.41) is 4.32. The third kappa shape index (κ3) is 1.70. The third-order valence-corrected chi connectivity index (χ3v) is 3.34. The molecule has 74 valence electrons. The van der Waals surface area contributed by atoms with E-state index in [1.807, 2.05) is 18.4 Å². The predicted molar refractivity (Wildman–Crippen MR) is 54.2 cm³/mol. The summed E-state index contributed by atoms with van der Waals surface area (Å²) in [5.74, 6) is -0.226. The molecule has 1 N–H and O–H groups in total. The topological polar surface area (TPSA) is 46.2 Å². The predicted octanol–water partition coefficient (Wildman–Crippen LogP) is 1.58. The fourth-order valence-corrected chi connectivity index (χ4v) is 2.61. The number of imide groups is 1. The van der Waals surface area contributed by atoms with Gasteiger partial charge in [-0.25, -0.2) is 0 Å². The number of carbonyl (C=O) groups excluding carboxylic acids is 2. The fourth-order valence-electron chi connectivity index (χ4n) is 1.82. The van der Waals surface area contributed by atoms with Crippen LogP contribution in [0.2, 0.25) is 0 Å². The molecule has 0 spiro atoms. The summed E-state index contributed by atoms with van der Waals surface area (Å²) in [6.07, 6.45) is 0.868. The van der Waals surface area contributed by atoms with Gasteiger partial charge in [-0.05, 0) is 23.9 Å². The molecule has 1 aliphatic rings. The van der Waals surface area contributed by atoms with E-state index in [9.17, 15) is 9.59 Å². The van der Waals surface area contributed by atoms with Crippen LogP contribution in [-0.2, 0) is 9.59 Å². The number of piperidine rings is 1. The van der Waals surface area contributed by atoms with Crippen molar-refractivity contribution < 1.29 is 9.59 Å². The highest BCUT2D eigenvalue weighted by molar-refractivity contribution is 7.10. The van der Waals surface area contributed by atoms with Crippen LogP contribution < -0.4 is 5.32 Å². The van der Waals surface area contributed by atoms with Gasteiger partial charge < -0.3 is 0 Å². The largest absolute Gasteiger partial charge is 0.296 e. The second-order valence-corrected chi connectivity index (χ2v) is 4.63. The molecule has 1 saturated heterocycles. The molecule has 4 heteroatoms. The summed E-state index contributed by atoms with van der Waals surface area (Å²) in [4.78, 5) is 23.5. The van der Waals surface area contributed by atoms with E-state index in [0.717, 1.165) is 5.56 Å². The van der Waals surface area contributed by atoms with Crippen LogP contribution in [0.25, 0.3) is 0 Å². The SMILES string of the molecule is Cc1sccc1C1CC(=O)NC(=O)C1. The molecule has 1 fully saturated rings. The molecule has 0 aromatic carbocycles. The molecular formula is C10H11NO2S. The molecular weight excluding hydrogens is 198 g/mol. The van der Waals surface area contributed by atoms with Gasteiger partial charge in [-0.1, -0.05) is 0 Å². The molecule has 0 aliphatic carbocycles. The lowest BCUT2D eigenvalue weighted by molar-refractivity contribution is -0.133. The highest BCUT2D eigenvalue weighted by Crippen LogP contribution is 2.31. The van der Waals surface area contributed by atoms with Crippen LogP contribution in [0.1, 0.15) is 29.2 Å². The summed E-state index contributed by atoms with van der Waals surface area (Å²) in [6, 6.07) is 2.01. The van der Waals surface area contributed by atoms with E-state index < -0.39 is 0 Å². The van der Waals surface area contributed by atoms with Gasteiger partial charge in [0.05, 0.1) is 0 Å². The quantitative estimate of drug-likeness (QED) is 0.714. The Balaban J connectivity index is 2.23. The van der Waals surface area contributed by atoms with Gasteiger partial charge in [0.15, 0.2) is 0 Å². The number of hydrogen-bond donors (Lipinski definition) is 1. The molecule has 1 aromatic rings. The minimum Gasteiger partial charge on any atom is -0.296 e. The van der Waals surface area contributed by atoms with E-state index in [4.69, 9.17) is 0 Å². The molecule has 0 radical (unpaired) electrons. The first kappa shape index (κ1) is 9.40. The monoisotopic (exact) mass is 209 g/mol. The Bertz CT molecular complexity index is 367. The molecule has 2 heterocycles. The highest BCUT2D eigenvalue weighted by atomic mass is 32.1. The molecule has 1 aromatic heterocycles. The normalized spacial score (nSPS) is 18.4. The zero-order valence-corrected chi connectivity index (χ0v) is 8.69. The molecule has 0 saturated carbocycles. The molecule has 0 bridgehead atoms. The second-order valence-electron chi connectivity index (χ2n) is 3.51. The molecule has 2 rings (SSSR count). The molecule has 2 amide bonds. The maximum absolute atomic E-state index is 11.2. The lowest BCUT2D eigenvalue weighted by Gasteiger charge is -2.20. The van der Waals surface area contributed by atoms with Crippen molar-refractivity contribution in [3.05, 3.63) is 21.9 Å². The van der Waals surface area contributed by atoms with E-state index in [2.05, 4.69) is 5.32 Å². The van der Waals surface area contributed by atoms with E-state index >= 15 is 0 Å². The number of rotatable bonds is 1. The first-order valence-corrected chi connectivity index (χ1v) is 5.41. The molecule has 0 unspecified atom stereocenters. The number of carbonyl (C=O) groups is 2. The van der Waals surface area contributed by atoms with Gasteiger partial charge in [0, 0.05) is 23.6 Å². The van der Waals surface area contributed by atoms with E-state index in [1.165, 1.54) is 4.88 Å². The van der Waals surface area contributed by atoms with E-state index in [0.29, 0.717) is 12.8 Å². The number of amides is 2. The highest BCUT2D eigenvalue weighted by Gasteiger charge is 2.27. The number of thiophene rings is 1. The van der Waals surface area contributed by atoms with Crippen molar-refractivity contribution >= 4 is 23.2 Å². The maximum Gasteiger partial charge on any atom is 0.227 e. The molecule has 1 aliphatic heterocycles. The van der Waals surface area contributed by atoms with Gasteiger partial charge in [0.25, 0.3) is 0 Å². The van der Waals surface area contributed by atoms with Crippen molar-refractivity contribution in [2.45, 2.75) is 25.7 Å². The van der Waals surface area contributed by atoms with Crippen LogP contribution in [0.15, 0.2) is 11.4 Å². The van der Waals surface area contributed by atoms with Crippen molar-refractivity contribution in [2.75, 3.05) is 0 Å². The minimum atomic E-state index is -0.156. The van der Waals surface area contributed by atoms with Gasteiger partial charge in [-0.3, -0.25) is 14.9 Å². The Morgan fingerprint density at radius 2 is 2.00 bits per heavy atom. The number of aryl methyl sites for hydroxylation is 1. The van der Waals surface area contributed by atoms with Crippen molar-refractivity contribution in [3.63, 3.8) is 0 Å². The molecule has 0 atom stereocenters. The first-order valence-electron chi connectivity index (χ1n) is 4.53. The summed E-state index contributed by atoms with van der Waals surface area (Å²) in [6.45, 7) is 2.02. The lowest BCUT2D eigenvalue weighted by Crippen LogP contribution is -2.37. The Morgan fingerprint density at radius 3 is 2.50 bits per heavy atom. The summed E-state index contributed by atoms with van der Waals surface area (Å²) >= 11 is 1.66. The van der Waals surface area contributed by atoms with Crippen LogP contribution >= 0.6 is 11.3 Å². The van der Waals surface area contributed by atoms with Crippen LogP contribution in [0, 0.1) is 6.92 Å². The second kappa shape index (κ2) is 3.53. The first-order chi connectivity index (χ1) is 6.66. The van der Waals surface area contributed by atoms with Crippen molar-refractivity contribution in [1.29, 1.82) is 0 Å². The van der Waals surface area contributed by atoms with E-state index in [-0.39, 0.29) is 17.7 Å². The van der Waals surface area contributed by atoms with Crippen molar-refractivity contribution in [3.8, 4) is 0 Å². The standard InChI is InChI=1S/C10H11NO2S/c1-6-8(2-3-14-6)7-4-9(12)11-10(13)5-7/h2-3,7H,4-5H2,1H3,(H,11,12,13). The van der Waals surface area contributed by atoms with Gasteiger partial charge in [-0.2, -0.15) is 0 Å². The molecule has 3 nitrogen and oxygen atoms in total. The number of nitrogens with one attached hydrogen (secondary N) is 1.